The zero-order valence-electron chi connectivity index (χ0n) is 17.0. The molecular weight excluding hydrogens is 423 g/mol. The van der Waals surface area contributed by atoms with E-state index < -0.39 is 22.1 Å². The van der Waals surface area contributed by atoms with Gasteiger partial charge in [0, 0.05) is 42.2 Å². The van der Waals surface area contributed by atoms with Gasteiger partial charge in [0.25, 0.3) is 5.69 Å². The lowest BCUT2D eigenvalue weighted by atomic mass is 9.69. The van der Waals surface area contributed by atoms with Gasteiger partial charge < -0.3 is 0 Å². The largest absolute Gasteiger partial charge is 0.294 e. The molecule has 2 aromatic rings. The van der Waals surface area contributed by atoms with E-state index in [-0.39, 0.29) is 40.9 Å². The third-order valence-corrected chi connectivity index (χ3v) is 6.11. The molecule has 1 aliphatic heterocycles. The number of nitro benzene ring substituents is 1. The summed E-state index contributed by atoms with van der Waals surface area (Å²) in [6, 6.07) is 10.0. The summed E-state index contributed by atoms with van der Waals surface area (Å²) in [5.74, 6) is -1.62. The van der Waals surface area contributed by atoms with Gasteiger partial charge in [-0.3, -0.25) is 24.6 Å². The van der Waals surface area contributed by atoms with Crippen LogP contribution in [0.4, 0.5) is 15.8 Å². The molecule has 0 aromatic heterocycles. The fourth-order valence-electron chi connectivity index (χ4n) is 4.51. The second kappa shape index (κ2) is 7.57. The molecule has 6 nitrogen and oxygen atoms in total. The number of amides is 1. The van der Waals surface area contributed by atoms with E-state index in [1.807, 2.05) is 13.8 Å². The van der Waals surface area contributed by atoms with Crippen LogP contribution in [0.2, 0.25) is 5.02 Å². The second-order valence-corrected chi connectivity index (χ2v) is 9.11. The van der Waals surface area contributed by atoms with Gasteiger partial charge in [0.2, 0.25) is 5.91 Å². The molecule has 2 aromatic carbocycles. The Balaban J connectivity index is 1.92. The summed E-state index contributed by atoms with van der Waals surface area (Å²) < 4.78 is 14.6. The van der Waals surface area contributed by atoms with Crippen LogP contribution in [-0.4, -0.2) is 16.6 Å². The van der Waals surface area contributed by atoms with Gasteiger partial charge in [0.05, 0.1) is 15.6 Å². The molecule has 0 saturated heterocycles. The Hall–Kier alpha value is -3.06. The first-order valence-corrected chi connectivity index (χ1v) is 10.2. The number of carbonyl (C=O) groups excluding carboxylic acids is 2. The molecule has 4 rings (SSSR count). The van der Waals surface area contributed by atoms with Crippen LogP contribution in [0, 0.1) is 21.3 Å². The molecule has 160 valence electrons. The number of Topliss-reactive ketones (excluding diaryl/α,β-unsaturated/α-hetero) is 1. The van der Waals surface area contributed by atoms with E-state index in [2.05, 4.69) is 0 Å². The van der Waals surface area contributed by atoms with Gasteiger partial charge in [-0.05, 0) is 29.5 Å². The van der Waals surface area contributed by atoms with Gasteiger partial charge in [-0.15, -0.1) is 0 Å². The molecule has 0 bridgehead atoms. The van der Waals surface area contributed by atoms with E-state index in [1.165, 1.54) is 29.2 Å². The van der Waals surface area contributed by atoms with Crippen molar-refractivity contribution in [2.24, 2.45) is 5.41 Å². The van der Waals surface area contributed by atoms with Gasteiger partial charge in [0.15, 0.2) is 5.78 Å². The Labute approximate surface area is 183 Å². The highest BCUT2D eigenvalue weighted by Crippen LogP contribution is 2.49. The summed E-state index contributed by atoms with van der Waals surface area (Å²) in [6.07, 6.45) is 0.601. The van der Waals surface area contributed by atoms with E-state index in [9.17, 15) is 24.1 Å². The Morgan fingerprint density at radius 2 is 1.87 bits per heavy atom. The average molecular weight is 443 g/mol. The Morgan fingerprint density at radius 1 is 1.16 bits per heavy atom. The number of nitro groups is 1. The second-order valence-electron chi connectivity index (χ2n) is 8.70. The quantitative estimate of drug-likeness (QED) is 0.461. The van der Waals surface area contributed by atoms with Gasteiger partial charge in [-0.25, -0.2) is 4.39 Å². The van der Waals surface area contributed by atoms with Crippen LogP contribution >= 0.6 is 11.6 Å². The minimum absolute atomic E-state index is 0.0366. The van der Waals surface area contributed by atoms with E-state index in [0.29, 0.717) is 23.3 Å². The molecule has 1 heterocycles. The fourth-order valence-corrected chi connectivity index (χ4v) is 4.77. The smallest absolute Gasteiger partial charge is 0.271 e. The molecule has 0 radical (unpaired) electrons. The fraction of sp³-hybridized carbons (Fsp3) is 0.304. The Kier molecular flexibility index (Phi) is 5.17. The van der Waals surface area contributed by atoms with E-state index >= 15 is 0 Å². The molecule has 2 aliphatic rings. The third-order valence-electron chi connectivity index (χ3n) is 5.81. The lowest BCUT2D eigenvalue weighted by Gasteiger charge is -2.43. The predicted octanol–water partition coefficient (Wildman–Crippen LogP) is 5.55. The lowest BCUT2D eigenvalue weighted by Crippen LogP contribution is -2.44. The van der Waals surface area contributed by atoms with Gasteiger partial charge in [-0.2, -0.15) is 0 Å². The molecule has 31 heavy (non-hydrogen) atoms. The first kappa shape index (κ1) is 21.2. The number of hydrogen-bond acceptors (Lipinski definition) is 4. The standard InChI is InChI=1S/C23H20ClFN2O4/c1-23(2)11-19-22(20(28)12-23)15(14-5-3-4-6-17(14)25)10-21(29)26(19)18-8-7-13(27(30)31)9-16(18)24/h3-9,15H,10-12H2,1-2H3. The van der Waals surface area contributed by atoms with Crippen LogP contribution in [0.25, 0.3) is 0 Å². The van der Waals surface area contributed by atoms with Gasteiger partial charge in [-0.1, -0.05) is 43.6 Å². The number of carbonyl (C=O) groups is 2. The molecule has 1 unspecified atom stereocenters. The number of allylic oxidation sites excluding steroid dienone is 2. The minimum atomic E-state index is -0.680. The van der Waals surface area contributed by atoms with Crippen LogP contribution in [-0.2, 0) is 9.59 Å². The van der Waals surface area contributed by atoms with E-state index in [0.717, 1.165) is 0 Å². The number of hydrogen-bond donors (Lipinski definition) is 0. The lowest BCUT2D eigenvalue weighted by molar-refractivity contribution is -0.384. The van der Waals surface area contributed by atoms with Crippen molar-refractivity contribution in [3.8, 4) is 0 Å². The summed E-state index contributed by atoms with van der Waals surface area (Å²) in [7, 11) is 0. The summed E-state index contributed by atoms with van der Waals surface area (Å²) in [5, 5.41) is 11.1. The summed E-state index contributed by atoms with van der Waals surface area (Å²) >= 11 is 6.32. The maximum atomic E-state index is 14.6. The highest BCUT2D eigenvalue weighted by molar-refractivity contribution is 6.34. The van der Waals surface area contributed by atoms with Crippen molar-refractivity contribution >= 4 is 34.7 Å². The average Bonchev–Trinajstić information content (AvgIpc) is 2.67. The van der Waals surface area contributed by atoms with Crippen molar-refractivity contribution in [2.75, 3.05) is 4.90 Å². The summed E-state index contributed by atoms with van der Waals surface area (Å²) in [5.41, 5.74) is 0.892. The summed E-state index contributed by atoms with van der Waals surface area (Å²) in [6.45, 7) is 3.86. The maximum absolute atomic E-state index is 14.6. The van der Waals surface area contributed by atoms with Crippen molar-refractivity contribution in [1.29, 1.82) is 0 Å². The Bertz CT molecular complexity index is 1160. The third kappa shape index (κ3) is 3.74. The zero-order chi connectivity index (χ0) is 22.5. The zero-order valence-corrected chi connectivity index (χ0v) is 17.8. The van der Waals surface area contributed by atoms with Gasteiger partial charge in [0.1, 0.15) is 5.82 Å². The van der Waals surface area contributed by atoms with Crippen LogP contribution < -0.4 is 4.90 Å². The van der Waals surface area contributed by atoms with E-state index in [1.54, 1.807) is 18.2 Å². The topological polar surface area (TPSA) is 80.5 Å². The van der Waals surface area contributed by atoms with Crippen LogP contribution in [0.1, 0.15) is 44.6 Å². The van der Waals surface area contributed by atoms with Crippen molar-refractivity contribution in [1.82, 2.24) is 0 Å². The van der Waals surface area contributed by atoms with E-state index in [4.69, 9.17) is 11.6 Å². The maximum Gasteiger partial charge on any atom is 0.271 e. The van der Waals surface area contributed by atoms with Crippen molar-refractivity contribution < 1.29 is 18.9 Å². The van der Waals surface area contributed by atoms with Crippen LogP contribution in [0.3, 0.4) is 0 Å². The number of non-ortho nitro benzene ring substituents is 1. The minimum Gasteiger partial charge on any atom is -0.294 e. The molecule has 0 spiro atoms. The highest BCUT2D eigenvalue weighted by Gasteiger charge is 2.45. The predicted molar refractivity (Wildman–Crippen MR) is 114 cm³/mol. The number of halogens is 2. The van der Waals surface area contributed by atoms with Crippen LogP contribution in [0.15, 0.2) is 53.7 Å². The number of benzene rings is 2. The Morgan fingerprint density at radius 3 is 2.52 bits per heavy atom. The normalized spacial score (nSPS) is 20.6. The SMILES string of the molecule is CC1(C)CC(=O)C2=C(C1)N(c1ccc([N+](=O)[O-])cc1Cl)C(=O)CC2c1ccccc1F. The number of ketones is 1. The van der Waals surface area contributed by atoms with Crippen molar-refractivity contribution in [2.45, 2.75) is 39.0 Å². The molecule has 1 aliphatic carbocycles. The number of nitrogens with zero attached hydrogens (tertiary/aromatic N) is 2. The molecule has 0 N–H and O–H groups in total. The molecule has 8 heteroatoms. The number of anilines is 1. The summed E-state index contributed by atoms with van der Waals surface area (Å²) in [4.78, 5) is 38.4. The van der Waals surface area contributed by atoms with Gasteiger partial charge >= 0.3 is 0 Å². The molecule has 1 amide bonds. The molecular formula is C23H20ClFN2O4. The molecule has 0 saturated carbocycles. The first-order chi connectivity index (χ1) is 14.6. The van der Waals surface area contributed by atoms with Crippen molar-refractivity contribution in [3.63, 3.8) is 0 Å². The monoisotopic (exact) mass is 442 g/mol. The molecule has 0 fully saturated rings. The van der Waals surface area contributed by atoms with Crippen molar-refractivity contribution in [3.05, 3.63) is 80.3 Å². The first-order valence-electron chi connectivity index (χ1n) is 9.86. The number of rotatable bonds is 3. The molecule has 1 atom stereocenters. The highest BCUT2D eigenvalue weighted by atomic mass is 35.5. The van der Waals surface area contributed by atoms with Crippen LogP contribution in [0.5, 0.6) is 0 Å².